The van der Waals surface area contributed by atoms with Gasteiger partial charge in [-0.05, 0) is 42.2 Å². The van der Waals surface area contributed by atoms with Crippen LogP contribution < -0.4 is 15.8 Å². The molecule has 0 aliphatic heterocycles. The molecule has 0 aromatic heterocycles. The quantitative estimate of drug-likeness (QED) is 0.723. The van der Waals surface area contributed by atoms with Crippen LogP contribution in [0.4, 0.5) is 0 Å². The number of nitrogens with one attached hydrogen (secondary N) is 1. The first kappa shape index (κ1) is 15.9. The summed E-state index contributed by atoms with van der Waals surface area (Å²) in [5, 5.41) is 3.43. The van der Waals surface area contributed by atoms with Crippen LogP contribution in [0.2, 0.25) is 0 Å². The number of ether oxygens (including phenoxy) is 1. The van der Waals surface area contributed by atoms with E-state index in [4.69, 9.17) is 10.5 Å². The average Bonchev–Trinajstić information content (AvgIpc) is 2.38. The van der Waals surface area contributed by atoms with Crippen molar-refractivity contribution in [2.45, 2.75) is 13.5 Å². The normalized spacial score (nSPS) is 12.1. The molecule has 0 radical (unpaired) electrons. The summed E-state index contributed by atoms with van der Waals surface area (Å²) >= 11 is 1.87. The minimum absolute atomic E-state index is 0.0796. The lowest BCUT2D eigenvalue weighted by atomic mass is 10.2. The molecule has 5 heteroatoms. The van der Waals surface area contributed by atoms with E-state index in [1.807, 2.05) is 36.0 Å². The Morgan fingerprint density at radius 3 is 2.68 bits per heavy atom. The van der Waals surface area contributed by atoms with E-state index in [2.05, 4.69) is 18.5 Å². The Hall–Kier alpha value is -1.20. The highest BCUT2D eigenvalue weighted by atomic mass is 32.2. The van der Waals surface area contributed by atoms with E-state index in [-0.39, 0.29) is 6.61 Å². The molecule has 0 heterocycles. The zero-order valence-electron chi connectivity index (χ0n) is 11.5. The molecule has 1 amide bonds. The molecule has 1 atom stereocenters. The van der Waals surface area contributed by atoms with Crippen molar-refractivity contribution in [1.82, 2.24) is 5.32 Å². The number of hydrogen-bond acceptors (Lipinski definition) is 4. The molecule has 1 unspecified atom stereocenters. The van der Waals surface area contributed by atoms with Gasteiger partial charge in [-0.15, -0.1) is 0 Å². The molecule has 4 nitrogen and oxygen atoms in total. The van der Waals surface area contributed by atoms with E-state index >= 15 is 0 Å². The summed E-state index contributed by atoms with van der Waals surface area (Å²) in [6, 6.07) is 7.68. The Labute approximate surface area is 119 Å². The number of nitrogens with two attached hydrogens (primary N) is 1. The van der Waals surface area contributed by atoms with E-state index in [0.29, 0.717) is 11.7 Å². The molecular weight excluding hydrogens is 260 g/mol. The summed E-state index contributed by atoms with van der Waals surface area (Å²) in [5.41, 5.74) is 6.21. The van der Waals surface area contributed by atoms with E-state index in [1.165, 1.54) is 11.3 Å². The van der Waals surface area contributed by atoms with Gasteiger partial charge in [-0.3, -0.25) is 4.79 Å². The molecule has 0 saturated carbocycles. The first-order valence-electron chi connectivity index (χ1n) is 6.31. The fraction of sp³-hybridized carbons (Fsp3) is 0.500. The molecule has 0 spiro atoms. The summed E-state index contributed by atoms with van der Waals surface area (Å²) in [4.78, 5) is 10.6. The monoisotopic (exact) mass is 282 g/mol. The number of thioether (sulfide) groups is 1. The largest absolute Gasteiger partial charge is 0.484 e. The minimum Gasteiger partial charge on any atom is -0.484 e. The van der Waals surface area contributed by atoms with Crippen molar-refractivity contribution in [2.24, 2.45) is 11.7 Å². The predicted octanol–water partition coefficient (Wildman–Crippen LogP) is 1.64. The van der Waals surface area contributed by atoms with E-state index in [9.17, 15) is 4.79 Å². The van der Waals surface area contributed by atoms with Crippen molar-refractivity contribution >= 4 is 17.7 Å². The molecule has 0 saturated heterocycles. The number of carbonyl (C=O) groups is 1. The lowest BCUT2D eigenvalue weighted by Gasteiger charge is -2.11. The topological polar surface area (TPSA) is 64.3 Å². The Morgan fingerprint density at radius 2 is 2.11 bits per heavy atom. The first-order chi connectivity index (χ1) is 9.11. The number of carbonyl (C=O) groups excluding carboxylic acids is 1. The van der Waals surface area contributed by atoms with Gasteiger partial charge in [0.25, 0.3) is 5.91 Å². The SMILES string of the molecule is CSCC(C)CNCc1ccc(OCC(N)=O)cc1. The van der Waals surface area contributed by atoms with Gasteiger partial charge in [0.05, 0.1) is 0 Å². The molecular formula is C14H22N2O2S. The number of amides is 1. The highest BCUT2D eigenvalue weighted by molar-refractivity contribution is 7.98. The second kappa shape index (κ2) is 8.82. The summed E-state index contributed by atoms with van der Waals surface area (Å²) < 4.78 is 5.20. The van der Waals surface area contributed by atoms with Crippen molar-refractivity contribution in [3.05, 3.63) is 29.8 Å². The van der Waals surface area contributed by atoms with Gasteiger partial charge in [-0.2, -0.15) is 11.8 Å². The van der Waals surface area contributed by atoms with Crippen molar-refractivity contribution in [3.63, 3.8) is 0 Å². The molecule has 1 rings (SSSR count). The maximum Gasteiger partial charge on any atom is 0.255 e. The highest BCUT2D eigenvalue weighted by Crippen LogP contribution is 2.12. The number of benzene rings is 1. The van der Waals surface area contributed by atoms with Crippen LogP contribution in [0.15, 0.2) is 24.3 Å². The van der Waals surface area contributed by atoms with Gasteiger partial charge in [0.15, 0.2) is 6.61 Å². The van der Waals surface area contributed by atoms with Crippen LogP contribution >= 0.6 is 11.8 Å². The average molecular weight is 282 g/mol. The molecule has 0 bridgehead atoms. The molecule has 0 aliphatic rings. The third-order valence-electron chi connectivity index (χ3n) is 2.58. The smallest absolute Gasteiger partial charge is 0.255 e. The molecule has 0 aliphatic carbocycles. The Balaban J connectivity index is 2.29. The Bertz CT molecular complexity index is 382. The van der Waals surface area contributed by atoms with Crippen molar-refractivity contribution in [2.75, 3.05) is 25.2 Å². The van der Waals surface area contributed by atoms with Crippen LogP contribution in [0.25, 0.3) is 0 Å². The van der Waals surface area contributed by atoms with Gasteiger partial charge >= 0.3 is 0 Å². The third-order valence-corrected chi connectivity index (χ3v) is 3.48. The molecule has 1 aromatic carbocycles. The minimum atomic E-state index is -0.464. The lowest BCUT2D eigenvalue weighted by molar-refractivity contribution is -0.119. The van der Waals surface area contributed by atoms with Crippen LogP contribution in [0.5, 0.6) is 5.75 Å². The number of primary amides is 1. The Kier molecular flexibility index (Phi) is 7.36. The second-order valence-corrected chi connectivity index (χ2v) is 5.50. The highest BCUT2D eigenvalue weighted by Gasteiger charge is 2.01. The summed E-state index contributed by atoms with van der Waals surface area (Å²) in [7, 11) is 0. The van der Waals surface area contributed by atoms with E-state index < -0.39 is 5.91 Å². The summed E-state index contributed by atoms with van der Waals surface area (Å²) in [5.74, 6) is 2.05. The maximum atomic E-state index is 10.6. The van der Waals surface area contributed by atoms with Crippen LogP contribution in [0.1, 0.15) is 12.5 Å². The predicted molar refractivity (Wildman–Crippen MR) is 80.4 cm³/mol. The number of hydrogen-bond donors (Lipinski definition) is 2. The van der Waals surface area contributed by atoms with Gasteiger partial charge in [0, 0.05) is 6.54 Å². The molecule has 3 N–H and O–H groups in total. The summed E-state index contributed by atoms with van der Waals surface area (Å²) in [6.45, 7) is 4.02. The van der Waals surface area contributed by atoms with Gasteiger partial charge in [0.2, 0.25) is 0 Å². The molecule has 1 aromatic rings. The van der Waals surface area contributed by atoms with Crippen molar-refractivity contribution in [3.8, 4) is 5.75 Å². The first-order valence-corrected chi connectivity index (χ1v) is 7.71. The zero-order valence-corrected chi connectivity index (χ0v) is 12.3. The van der Waals surface area contributed by atoms with Gasteiger partial charge < -0.3 is 15.8 Å². The van der Waals surface area contributed by atoms with Crippen molar-refractivity contribution < 1.29 is 9.53 Å². The van der Waals surface area contributed by atoms with Gasteiger partial charge in [-0.1, -0.05) is 19.1 Å². The second-order valence-electron chi connectivity index (χ2n) is 4.59. The standard InChI is InChI=1S/C14H22N2O2S/c1-11(10-19-2)7-16-8-12-3-5-13(6-4-12)18-9-14(15)17/h3-6,11,16H,7-10H2,1-2H3,(H2,15,17). The fourth-order valence-electron chi connectivity index (χ4n) is 1.66. The van der Waals surface area contributed by atoms with E-state index in [1.54, 1.807) is 0 Å². The van der Waals surface area contributed by atoms with Crippen molar-refractivity contribution in [1.29, 1.82) is 0 Å². The van der Waals surface area contributed by atoms with Crippen LogP contribution in [0.3, 0.4) is 0 Å². The molecule has 106 valence electrons. The van der Waals surface area contributed by atoms with Crippen LogP contribution in [-0.4, -0.2) is 31.1 Å². The lowest BCUT2D eigenvalue weighted by Crippen LogP contribution is -2.22. The molecule has 0 fully saturated rings. The zero-order chi connectivity index (χ0) is 14.1. The van der Waals surface area contributed by atoms with Gasteiger partial charge in [-0.25, -0.2) is 0 Å². The fourth-order valence-corrected chi connectivity index (χ4v) is 2.35. The molecule has 19 heavy (non-hydrogen) atoms. The van der Waals surface area contributed by atoms with Crippen LogP contribution in [-0.2, 0) is 11.3 Å². The Morgan fingerprint density at radius 1 is 1.42 bits per heavy atom. The van der Waals surface area contributed by atoms with E-state index in [0.717, 1.165) is 13.1 Å². The summed E-state index contributed by atoms with van der Waals surface area (Å²) in [6.07, 6.45) is 2.13. The third kappa shape index (κ3) is 7.08. The maximum absolute atomic E-state index is 10.6. The van der Waals surface area contributed by atoms with Crippen LogP contribution in [0, 0.1) is 5.92 Å². The number of rotatable bonds is 9. The van der Waals surface area contributed by atoms with Gasteiger partial charge in [0.1, 0.15) is 5.75 Å².